The molecule has 1 unspecified atom stereocenters. The van der Waals surface area contributed by atoms with E-state index < -0.39 is 0 Å². The first-order chi connectivity index (χ1) is 13.7. The Morgan fingerprint density at radius 3 is 2.96 bits per heavy atom. The first-order valence-electron chi connectivity index (χ1n) is 9.48. The van der Waals surface area contributed by atoms with Crippen molar-refractivity contribution in [3.05, 3.63) is 53.2 Å². The van der Waals surface area contributed by atoms with Gasteiger partial charge in [-0.05, 0) is 60.9 Å². The zero-order valence-corrected chi connectivity index (χ0v) is 16.6. The summed E-state index contributed by atoms with van der Waals surface area (Å²) < 4.78 is 5.45. The van der Waals surface area contributed by atoms with Gasteiger partial charge in [0.25, 0.3) is 11.8 Å². The molecule has 1 saturated heterocycles. The molecular weight excluding hydrogens is 374 g/mol. The van der Waals surface area contributed by atoms with E-state index in [1.54, 1.807) is 12.3 Å². The monoisotopic (exact) mass is 397 g/mol. The summed E-state index contributed by atoms with van der Waals surface area (Å²) in [6.07, 6.45) is 5.76. The quantitative estimate of drug-likeness (QED) is 0.803. The average Bonchev–Trinajstić information content (AvgIpc) is 3.28. The van der Waals surface area contributed by atoms with Crippen molar-refractivity contribution in [3.63, 3.8) is 0 Å². The number of aromatic nitrogens is 1. The number of pyridine rings is 1. The van der Waals surface area contributed by atoms with Crippen molar-refractivity contribution in [2.24, 2.45) is 0 Å². The van der Waals surface area contributed by atoms with E-state index in [2.05, 4.69) is 10.3 Å². The Kier molecular flexibility index (Phi) is 5.64. The number of nitrogens with zero attached hydrogens (tertiary/aromatic N) is 2. The van der Waals surface area contributed by atoms with Crippen LogP contribution in [-0.4, -0.2) is 47.2 Å². The van der Waals surface area contributed by atoms with Crippen molar-refractivity contribution in [1.82, 2.24) is 9.88 Å². The highest BCUT2D eigenvalue weighted by Crippen LogP contribution is 2.26. The molecule has 0 saturated carbocycles. The zero-order valence-electron chi connectivity index (χ0n) is 15.8. The van der Waals surface area contributed by atoms with E-state index in [0.717, 1.165) is 35.5 Å². The number of fused-ring (bicyclic) bond motifs is 1. The lowest BCUT2D eigenvalue weighted by molar-refractivity contribution is -0.124. The minimum absolute atomic E-state index is 0.00288. The minimum atomic E-state index is -0.357. The van der Waals surface area contributed by atoms with Crippen LogP contribution in [0.25, 0.3) is 0 Å². The standard InChI is InChI=1S/C21H23N3O3S/c1-28-20-17(4-2-9-22-20)21(26)24-10-8-14-6-7-16(12-15(14)13-24)23-19(25)18-5-3-11-27-18/h2,4,6-7,9,12,18H,3,5,8,10-11,13H2,1H3,(H,23,25). The van der Waals surface area contributed by atoms with Gasteiger partial charge < -0.3 is 15.0 Å². The van der Waals surface area contributed by atoms with E-state index in [0.29, 0.717) is 25.3 Å². The molecule has 1 aromatic carbocycles. The Labute approximate surface area is 168 Å². The molecule has 1 aromatic heterocycles. The summed E-state index contributed by atoms with van der Waals surface area (Å²) in [6.45, 7) is 1.85. The molecule has 4 rings (SSSR count). The molecule has 1 N–H and O–H groups in total. The highest BCUT2D eigenvalue weighted by atomic mass is 32.2. The van der Waals surface area contributed by atoms with Crippen molar-refractivity contribution in [2.45, 2.75) is 36.9 Å². The number of carbonyl (C=O) groups excluding carboxylic acids is 2. The number of ether oxygens (including phenoxy) is 1. The summed E-state index contributed by atoms with van der Waals surface area (Å²) in [5.74, 6) is -0.0990. The molecule has 0 radical (unpaired) electrons. The van der Waals surface area contributed by atoms with Crippen molar-refractivity contribution in [1.29, 1.82) is 0 Å². The first-order valence-corrected chi connectivity index (χ1v) is 10.7. The molecule has 3 heterocycles. The predicted octanol–water partition coefficient (Wildman–Crippen LogP) is 3.12. The van der Waals surface area contributed by atoms with E-state index >= 15 is 0 Å². The number of rotatable bonds is 4. The second-order valence-corrected chi connectivity index (χ2v) is 7.81. The van der Waals surface area contributed by atoms with Crippen molar-refractivity contribution >= 4 is 29.3 Å². The van der Waals surface area contributed by atoms with Crippen LogP contribution in [0.1, 0.15) is 34.3 Å². The second kappa shape index (κ2) is 8.32. The highest BCUT2D eigenvalue weighted by molar-refractivity contribution is 7.98. The van der Waals surface area contributed by atoms with Crippen LogP contribution in [0.5, 0.6) is 0 Å². The third-order valence-electron chi connectivity index (χ3n) is 5.19. The number of carbonyl (C=O) groups is 2. The van der Waals surface area contributed by atoms with Gasteiger partial charge in [-0.2, -0.15) is 0 Å². The number of hydrogen-bond acceptors (Lipinski definition) is 5. The summed E-state index contributed by atoms with van der Waals surface area (Å²) >= 11 is 1.48. The SMILES string of the molecule is CSc1ncccc1C(=O)N1CCc2ccc(NC(=O)C3CCCO3)cc2C1. The smallest absolute Gasteiger partial charge is 0.256 e. The summed E-state index contributed by atoms with van der Waals surface area (Å²) in [6, 6.07) is 9.56. The van der Waals surface area contributed by atoms with E-state index in [9.17, 15) is 9.59 Å². The van der Waals surface area contributed by atoms with Crippen LogP contribution >= 0.6 is 11.8 Å². The molecule has 2 amide bonds. The number of thioether (sulfide) groups is 1. The van der Waals surface area contributed by atoms with Crippen molar-refractivity contribution in [3.8, 4) is 0 Å². The number of amides is 2. The molecule has 0 spiro atoms. The largest absolute Gasteiger partial charge is 0.368 e. The van der Waals surface area contributed by atoms with Crippen LogP contribution in [-0.2, 0) is 22.5 Å². The molecule has 2 aliphatic heterocycles. The Morgan fingerprint density at radius 1 is 1.29 bits per heavy atom. The Hall–Kier alpha value is -2.38. The van der Waals surface area contributed by atoms with E-state index in [4.69, 9.17) is 4.74 Å². The lowest BCUT2D eigenvalue weighted by Crippen LogP contribution is -2.36. The first kappa shape index (κ1) is 19.0. The summed E-state index contributed by atoms with van der Waals surface area (Å²) in [5, 5.41) is 3.69. The molecule has 1 atom stereocenters. The van der Waals surface area contributed by atoms with Gasteiger partial charge in [0.15, 0.2) is 0 Å². The highest BCUT2D eigenvalue weighted by Gasteiger charge is 2.26. The molecule has 2 aromatic rings. The molecule has 146 valence electrons. The molecule has 1 fully saturated rings. The molecule has 7 heteroatoms. The third kappa shape index (κ3) is 3.91. The van der Waals surface area contributed by atoms with Crippen molar-refractivity contribution in [2.75, 3.05) is 24.7 Å². The van der Waals surface area contributed by atoms with Gasteiger partial charge in [-0.1, -0.05) is 6.07 Å². The van der Waals surface area contributed by atoms with Gasteiger partial charge in [0, 0.05) is 31.6 Å². The maximum absolute atomic E-state index is 13.0. The van der Waals surface area contributed by atoms with Gasteiger partial charge in [-0.3, -0.25) is 9.59 Å². The number of benzene rings is 1. The fourth-order valence-electron chi connectivity index (χ4n) is 3.70. The lowest BCUT2D eigenvalue weighted by atomic mass is 9.98. The Morgan fingerprint density at radius 2 is 2.18 bits per heavy atom. The molecule has 0 bridgehead atoms. The maximum atomic E-state index is 13.0. The Bertz CT molecular complexity index is 896. The molecule has 6 nitrogen and oxygen atoms in total. The minimum Gasteiger partial charge on any atom is -0.368 e. The average molecular weight is 398 g/mol. The fourth-order valence-corrected chi connectivity index (χ4v) is 4.24. The zero-order chi connectivity index (χ0) is 19.5. The maximum Gasteiger partial charge on any atom is 0.256 e. The number of anilines is 1. The fraction of sp³-hybridized carbons (Fsp3) is 0.381. The number of hydrogen-bond donors (Lipinski definition) is 1. The van der Waals surface area contributed by atoms with Gasteiger partial charge in [0.1, 0.15) is 11.1 Å². The van der Waals surface area contributed by atoms with Crippen LogP contribution in [0.4, 0.5) is 5.69 Å². The summed E-state index contributed by atoms with van der Waals surface area (Å²) in [5.41, 5.74) is 3.68. The van der Waals surface area contributed by atoms with Crippen LogP contribution in [0, 0.1) is 0 Å². The van der Waals surface area contributed by atoms with Crippen LogP contribution < -0.4 is 5.32 Å². The van der Waals surface area contributed by atoms with Gasteiger partial charge >= 0.3 is 0 Å². The van der Waals surface area contributed by atoms with E-state index in [1.165, 1.54) is 17.3 Å². The Balaban J connectivity index is 1.49. The van der Waals surface area contributed by atoms with Gasteiger partial charge in [0.05, 0.1) is 5.56 Å². The molecule has 28 heavy (non-hydrogen) atoms. The predicted molar refractivity (Wildman–Crippen MR) is 109 cm³/mol. The van der Waals surface area contributed by atoms with E-state index in [-0.39, 0.29) is 17.9 Å². The van der Waals surface area contributed by atoms with Crippen molar-refractivity contribution < 1.29 is 14.3 Å². The van der Waals surface area contributed by atoms with E-state index in [1.807, 2.05) is 35.4 Å². The van der Waals surface area contributed by atoms with Crippen LogP contribution in [0.3, 0.4) is 0 Å². The lowest BCUT2D eigenvalue weighted by Gasteiger charge is -2.29. The van der Waals surface area contributed by atoms with Crippen LogP contribution in [0.15, 0.2) is 41.6 Å². The molecular formula is C21H23N3O3S. The van der Waals surface area contributed by atoms with Gasteiger partial charge in [0.2, 0.25) is 0 Å². The summed E-state index contributed by atoms with van der Waals surface area (Å²) in [7, 11) is 0. The van der Waals surface area contributed by atoms with Gasteiger partial charge in [-0.25, -0.2) is 4.98 Å². The second-order valence-electron chi connectivity index (χ2n) is 7.01. The molecule has 2 aliphatic rings. The summed E-state index contributed by atoms with van der Waals surface area (Å²) in [4.78, 5) is 31.5. The topological polar surface area (TPSA) is 71.5 Å². The molecule has 0 aliphatic carbocycles. The third-order valence-corrected chi connectivity index (χ3v) is 5.90. The normalized spacial score (nSPS) is 18.6. The van der Waals surface area contributed by atoms with Crippen LogP contribution in [0.2, 0.25) is 0 Å². The number of nitrogens with one attached hydrogen (secondary N) is 1. The van der Waals surface area contributed by atoms with Gasteiger partial charge in [-0.15, -0.1) is 11.8 Å².